The molecule has 0 aliphatic carbocycles. The van der Waals surface area contributed by atoms with Crippen molar-refractivity contribution in [2.75, 3.05) is 5.75 Å². The number of nitrogens with zero attached hydrogens (tertiary/aromatic N) is 1. The Bertz CT molecular complexity index is 1400. The third-order valence-corrected chi connectivity index (χ3v) is 7.36. The summed E-state index contributed by atoms with van der Waals surface area (Å²) in [6, 6.07) is 16.3. The van der Waals surface area contributed by atoms with Gasteiger partial charge in [0.2, 0.25) is 15.0 Å². The van der Waals surface area contributed by atoms with Crippen molar-refractivity contribution in [1.29, 1.82) is 0 Å². The number of aromatic nitrogens is 2. The summed E-state index contributed by atoms with van der Waals surface area (Å²) in [5.74, 6) is -1.26. The van der Waals surface area contributed by atoms with Gasteiger partial charge < -0.3 is 10.1 Å². The number of H-pyrrole nitrogens is 1. The maximum absolute atomic E-state index is 12.7. The van der Waals surface area contributed by atoms with E-state index in [1.54, 1.807) is 0 Å². The molecule has 2 N–H and O–H groups in total. The normalized spacial score (nSPS) is 11.9. The van der Waals surface area contributed by atoms with Gasteiger partial charge in [0.15, 0.2) is 0 Å². The molecule has 3 aromatic carbocycles. The molecular formula is C24H24N2O4S. The largest absolute Gasteiger partial charge is 0.481 e. The van der Waals surface area contributed by atoms with Gasteiger partial charge in [0, 0.05) is 12.8 Å². The summed E-state index contributed by atoms with van der Waals surface area (Å²) in [6.07, 6.45) is 0.494. The van der Waals surface area contributed by atoms with Crippen LogP contribution in [0.3, 0.4) is 0 Å². The van der Waals surface area contributed by atoms with Gasteiger partial charge in [0.05, 0.1) is 16.8 Å². The second kappa shape index (κ2) is 8.15. The average molecular weight is 437 g/mol. The molecule has 0 radical (unpaired) electrons. The van der Waals surface area contributed by atoms with Gasteiger partial charge in [0.25, 0.3) is 0 Å². The number of aliphatic carboxylic acids is 1. The van der Waals surface area contributed by atoms with Gasteiger partial charge in [0.1, 0.15) is 0 Å². The highest BCUT2D eigenvalue weighted by Gasteiger charge is 2.22. The molecule has 4 aromatic rings. The lowest BCUT2D eigenvalue weighted by atomic mass is 9.93. The Kier molecular flexibility index (Phi) is 5.54. The quantitative estimate of drug-likeness (QED) is 0.442. The number of carboxylic acid groups (broad SMARTS) is 1. The third kappa shape index (κ3) is 4.18. The third-order valence-electron chi connectivity index (χ3n) is 5.75. The van der Waals surface area contributed by atoms with E-state index in [1.165, 1.54) is 0 Å². The molecule has 0 unspecified atom stereocenters. The van der Waals surface area contributed by atoms with Gasteiger partial charge >= 0.3 is 5.97 Å². The second-order valence-corrected chi connectivity index (χ2v) is 9.89. The van der Waals surface area contributed by atoms with E-state index in [0.717, 1.165) is 33.0 Å². The number of aryl methyl sites for hydroxylation is 1. The fourth-order valence-electron chi connectivity index (χ4n) is 3.95. The van der Waals surface area contributed by atoms with Gasteiger partial charge in [-0.3, -0.25) is 4.79 Å². The highest BCUT2D eigenvalue weighted by atomic mass is 32.2. The number of imidazole rings is 1. The molecule has 0 amide bonds. The van der Waals surface area contributed by atoms with Crippen molar-refractivity contribution in [2.45, 2.75) is 38.3 Å². The van der Waals surface area contributed by atoms with E-state index < -0.39 is 15.8 Å². The van der Waals surface area contributed by atoms with Crippen molar-refractivity contribution >= 4 is 37.6 Å². The number of benzene rings is 3. The standard InChI is InChI=1S/C24H24N2O4S/c1-15-13-21-23(26-24(25-21)31(29,30)12-6-11-22(27)28)20(16(15)2)14-18-9-5-8-17-7-3-4-10-19(17)18/h3-5,7-10,13H,6,11-12,14H2,1-2H3,(H,25,26)(H,27,28). The highest BCUT2D eigenvalue weighted by molar-refractivity contribution is 7.91. The Morgan fingerprint density at radius 2 is 1.84 bits per heavy atom. The van der Waals surface area contributed by atoms with Crippen LogP contribution in [-0.4, -0.2) is 35.2 Å². The number of hydrogen-bond acceptors (Lipinski definition) is 4. The van der Waals surface area contributed by atoms with Gasteiger partial charge in [-0.15, -0.1) is 0 Å². The number of rotatable bonds is 7. The molecule has 0 saturated heterocycles. The predicted octanol–water partition coefficient (Wildman–Crippen LogP) is 4.56. The van der Waals surface area contributed by atoms with Crippen LogP contribution in [0.25, 0.3) is 21.8 Å². The first-order chi connectivity index (χ1) is 14.8. The zero-order valence-electron chi connectivity index (χ0n) is 17.5. The van der Waals surface area contributed by atoms with Crippen LogP contribution in [0.5, 0.6) is 0 Å². The van der Waals surface area contributed by atoms with Crippen LogP contribution >= 0.6 is 0 Å². The minimum absolute atomic E-state index is 0.0512. The fraction of sp³-hybridized carbons (Fsp3) is 0.250. The van der Waals surface area contributed by atoms with E-state index >= 15 is 0 Å². The molecule has 7 heteroatoms. The van der Waals surface area contributed by atoms with E-state index in [4.69, 9.17) is 5.11 Å². The molecule has 1 heterocycles. The molecule has 4 rings (SSSR count). The summed E-state index contributed by atoms with van der Waals surface area (Å²) >= 11 is 0. The summed E-state index contributed by atoms with van der Waals surface area (Å²) in [7, 11) is -3.70. The van der Waals surface area contributed by atoms with Crippen LogP contribution < -0.4 is 0 Å². The number of fused-ring (bicyclic) bond motifs is 2. The minimum Gasteiger partial charge on any atom is -0.481 e. The number of hydrogen-bond donors (Lipinski definition) is 2. The number of sulfone groups is 1. The van der Waals surface area contributed by atoms with Crippen LogP contribution in [0, 0.1) is 13.8 Å². The van der Waals surface area contributed by atoms with Gasteiger partial charge in [-0.2, -0.15) is 0 Å². The Hall–Kier alpha value is -3.19. The van der Waals surface area contributed by atoms with Crippen LogP contribution in [0.2, 0.25) is 0 Å². The molecule has 0 atom stereocenters. The monoisotopic (exact) mass is 436 g/mol. The van der Waals surface area contributed by atoms with Crippen LogP contribution in [0.4, 0.5) is 0 Å². The molecule has 0 spiro atoms. The van der Waals surface area contributed by atoms with Crippen molar-refractivity contribution < 1.29 is 18.3 Å². The van der Waals surface area contributed by atoms with E-state index in [2.05, 4.69) is 34.2 Å². The van der Waals surface area contributed by atoms with Crippen molar-refractivity contribution in [2.24, 2.45) is 0 Å². The predicted molar refractivity (Wildman–Crippen MR) is 121 cm³/mol. The van der Waals surface area contributed by atoms with Gasteiger partial charge in [-0.1, -0.05) is 42.5 Å². The maximum atomic E-state index is 12.7. The Morgan fingerprint density at radius 1 is 1.10 bits per heavy atom. The van der Waals surface area contributed by atoms with Crippen LogP contribution in [0.15, 0.2) is 53.7 Å². The molecule has 0 aliphatic heterocycles. The maximum Gasteiger partial charge on any atom is 0.303 e. The highest BCUT2D eigenvalue weighted by Crippen LogP contribution is 2.30. The number of carboxylic acids is 1. The van der Waals surface area contributed by atoms with Crippen LogP contribution in [-0.2, 0) is 21.1 Å². The lowest BCUT2D eigenvalue weighted by molar-refractivity contribution is -0.137. The lowest BCUT2D eigenvalue weighted by Crippen LogP contribution is -2.10. The first-order valence-corrected chi connectivity index (χ1v) is 11.8. The number of aromatic amines is 1. The number of nitrogens with one attached hydrogen (secondary N) is 1. The zero-order chi connectivity index (χ0) is 22.2. The van der Waals surface area contributed by atoms with E-state index in [-0.39, 0.29) is 23.8 Å². The van der Waals surface area contributed by atoms with E-state index in [0.29, 0.717) is 17.5 Å². The molecule has 0 saturated carbocycles. The lowest BCUT2D eigenvalue weighted by Gasteiger charge is -2.12. The Morgan fingerprint density at radius 3 is 2.61 bits per heavy atom. The summed E-state index contributed by atoms with van der Waals surface area (Å²) in [5, 5.41) is 11.0. The Balaban J connectivity index is 1.78. The Labute approximate surface area is 180 Å². The zero-order valence-corrected chi connectivity index (χ0v) is 18.3. The topological polar surface area (TPSA) is 100 Å². The minimum atomic E-state index is -3.70. The fourth-order valence-corrected chi connectivity index (χ4v) is 5.16. The van der Waals surface area contributed by atoms with E-state index in [1.807, 2.05) is 38.1 Å². The summed E-state index contributed by atoms with van der Waals surface area (Å²) in [4.78, 5) is 18.2. The second-order valence-electron chi connectivity index (χ2n) is 7.87. The molecular weight excluding hydrogens is 412 g/mol. The molecule has 0 fully saturated rings. The number of carbonyl (C=O) groups is 1. The summed E-state index contributed by atoms with van der Waals surface area (Å²) in [5.41, 5.74) is 5.61. The molecule has 0 bridgehead atoms. The molecule has 1 aromatic heterocycles. The SMILES string of the molecule is Cc1cc2[nH]c(S(=O)(=O)CCCC(=O)O)nc2c(Cc2cccc3ccccc23)c1C. The van der Waals surface area contributed by atoms with Gasteiger partial charge in [-0.25, -0.2) is 13.4 Å². The smallest absolute Gasteiger partial charge is 0.303 e. The van der Waals surface area contributed by atoms with Gasteiger partial charge in [-0.05, 0) is 59.4 Å². The van der Waals surface area contributed by atoms with Crippen molar-refractivity contribution in [3.63, 3.8) is 0 Å². The van der Waals surface area contributed by atoms with Crippen molar-refractivity contribution in [1.82, 2.24) is 9.97 Å². The molecule has 0 aliphatic rings. The average Bonchev–Trinajstić information content (AvgIpc) is 3.15. The summed E-state index contributed by atoms with van der Waals surface area (Å²) < 4.78 is 25.4. The molecule has 160 valence electrons. The summed E-state index contributed by atoms with van der Waals surface area (Å²) in [6.45, 7) is 4.04. The molecule has 6 nitrogen and oxygen atoms in total. The van der Waals surface area contributed by atoms with Crippen molar-refractivity contribution in [3.05, 3.63) is 70.8 Å². The first-order valence-electron chi connectivity index (χ1n) is 10.2. The van der Waals surface area contributed by atoms with Crippen molar-refractivity contribution in [3.8, 4) is 0 Å². The molecule has 31 heavy (non-hydrogen) atoms. The van der Waals surface area contributed by atoms with E-state index in [9.17, 15) is 13.2 Å². The van der Waals surface area contributed by atoms with Crippen LogP contribution in [0.1, 0.15) is 35.1 Å². The first kappa shape index (κ1) is 21.1.